The van der Waals surface area contributed by atoms with Crippen LogP contribution in [-0.4, -0.2) is 15.0 Å². The highest BCUT2D eigenvalue weighted by atomic mass is 15.3. The number of nitrogen functional groups attached to an aromatic ring is 1. The minimum atomic E-state index is 0.134. The van der Waals surface area contributed by atoms with Crippen LogP contribution in [0.15, 0.2) is 127 Å². The molecule has 1 heterocycles. The summed E-state index contributed by atoms with van der Waals surface area (Å²) in [6.45, 7) is 0. The van der Waals surface area contributed by atoms with Crippen LogP contribution in [0.4, 0.5) is 34.9 Å². The number of nitrogens with zero attached hydrogens (tertiary/aromatic N) is 4. The fourth-order valence-electron chi connectivity index (χ4n) is 4.94. The van der Waals surface area contributed by atoms with E-state index in [0.717, 1.165) is 49.4 Å². The molecule has 0 saturated heterocycles. The van der Waals surface area contributed by atoms with Gasteiger partial charge in [0.05, 0.1) is 0 Å². The number of aromatic nitrogens is 3. The van der Waals surface area contributed by atoms with E-state index in [1.165, 1.54) is 0 Å². The average molecular weight is 505 g/mol. The maximum atomic E-state index is 6.25. The Bertz CT molecular complexity index is 1900. The van der Waals surface area contributed by atoms with Crippen molar-refractivity contribution in [1.29, 1.82) is 0 Å². The summed E-state index contributed by atoms with van der Waals surface area (Å²) in [4.78, 5) is 15.8. The second-order valence-corrected chi connectivity index (χ2v) is 9.40. The second kappa shape index (κ2) is 9.43. The van der Waals surface area contributed by atoms with Crippen LogP contribution in [-0.2, 0) is 0 Å². The van der Waals surface area contributed by atoms with Crippen molar-refractivity contribution in [2.45, 2.75) is 0 Å². The molecule has 6 nitrogen and oxygen atoms in total. The fourth-order valence-corrected chi connectivity index (χ4v) is 4.94. The van der Waals surface area contributed by atoms with Gasteiger partial charge in [0, 0.05) is 17.1 Å². The molecule has 0 atom stereocenters. The molecule has 6 heteroatoms. The van der Waals surface area contributed by atoms with Gasteiger partial charge < -0.3 is 11.1 Å². The van der Waals surface area contributed by atoms with E-state index in [2.05, 4.69) is 100 Å². The first-order valence-electron chi connectivity index (χ1n) is 12.7. The van der Waals surface area contributed by atoms with E-state index in [1.54, 1.807) is 0 Å². The standard InChI is InChI=1S/C33H24N6/c34-31-36-32(35-28-16-13-22-7-1-4-10-25(22)19-28)38-33(37-31)39(29-17-14-23-8-2-5-11-26(23)20-29)30-18-15-24-9-3-6-12-27(24)21-30/h1-21H,(H3,34,35,36,37,38). The summed E-state index contributed by atoms with van der Waals surface area (Å²) >= 11 is 0. The van der Waals surface area contributed by atoms with Crippen molar-refractivity contribution in [3.8, 4) is 0 Å². The molecule has 0 aliphatic rings. The van der Waals surface area contributed by atoms with Gasteiger partial charge in [-0.15, -0.1) is 0 Å². The summed E-state index contributed by atoms with van der Waals surface area (Å²) < 4.78 is 0. The van der Waals surface area contributed by atoms with Crippen molar-refractivity contribution in [3.63, 3.8) is 0 Å². The molecule has 0 saturated carbocycles. The van der Waals surface area contributed by atoms with E-state index in [0.29, 0.717) is 11.9 Å². The molecule has 0 bridgehead atoms. The number of nitrogens with two attached hydrogens (primary N) is 1. The predicted octanol–water partition coefficient (Wildman–Crippen LogP) is 8.13. The molecule has 1 aromatic heterocycles. The van der Waals surface area contributed by atoms with E-state index in [4.69, 9.17) is 10.7 Å². The van der Waals surface area contributed by atoms with Crippen LogP contribution in [0, 0.1) is 0 Å². The van der Waals surface area contributed by atoms with Crippen molar-refractivity contribution in [2.75, 3.05) is 16.0 Å². The minimum absolute atomic E-state index is 0.134. The number of fused-ring (bicyclic) bond motifs is 3. The van der Waals surface area contributed by atoms with Crippen LogP contribution in [0.5, 0.6) is 0 Å². The van der Waals surface area contributed by atoms with Gasteiger partial charge in [-0.25, -0.2) is 0 Å². The van der Waals surface area contributed by atoms with E-state index < -0.39 is 0 Å². The highest BCUT2D eigenvalue weighted by Crippen LogP contribution is 2.36. The van der Waals surface area contributed by atoms with Crippen LogP contribution in [0.2, 0.25) is 0 Å². The molecule has 0 aliphatic carbocycles. The summed E-state index contributed by atoms with van der Waals surface area (Å²) in [6.07, 6.45) is 0. The molecule has 3 N–H and O–H groups in total. The quantitative estimate of drug-likeness (QED) is 0.246. The van der Waals surface area contributed by atoms with Crippen molar-refractivity contribution in [1.82, 2.24) is 15.0 Å². The molecule has 6 aromatic carbocycles. The van der Waals surface area contributed by atoms with Crippen LogP contribution in [0.25, 0.3) is 32.3 Å². The third-order valence-electron chi connectivity index (χ3n) is 6.83. The Morgan fingerprint density at radius 2 is 0.974 bits per heavy atom. The predicted molar refractivity (Wildman–Crippen MR) is 161 cm³/mol. The summed E-state index contributed by atoms with van der Waals surface area (Å²) in [5.74, 6) is 0.936. The third-order valence-corrected chi connectivity index (χ3v) is 6.83. The zero-order valence-electron chi connectivity index (χ0n) is 21.0. The van der Waals surface area contributed by atoms with Gasteiger partial charge in [0.25, 0.3) is 0 Å². The van der Waals surface area contributed by atoms with E-state index in [-0.39, 0.29) is 5.95 Å². The zero-order chi connectivity index (χ0) is 26.2. The molecule has 186 valence electrons. The average Bonchev–Trinajstić information content (AvgIpc) is 2.97. The lowest BCUT2D eigenvalue weighted by Crippen LogP contribution is -2.16. The van der Waals surface area contributed by atoms with Crippen LogP contribution < -0.4 is 16.0 Å². The molecule has 0 amide bonds. The van der Waals surface area contributed by atoms with Gasteiger partial charge in [0.2, 0.25) is 17.8 Å². The van der Waals surface area contributed by atoms with E-state index >= 15 is 0 Å². The molecule has 0 radical (unpaired) electrons. The van der Waals surface area contributed by atoms with Crippen molar-refractivity contribution in [3.05, 3.63) is 127 Å². The lowest BCUT2D eigenvalue weighted by Gasteiger charge is -2.24. The highest BCUT2D eigenvalue weighted by molar-refractivity contribution is 5.92. The monoisotopic (exact) mass is 504 g/mol. The van der Waals surface area contributed by atoms with Gasteiger partial charge in [-0.05, 0) is 68.7 Å². The Balaban J connectivity index is 1.36. The Kier molecular flexibility index (Phi) is 5.49. The molecular formula is C33H24N6. The molecular weight excluding hydrogens is 480 g/mol. The SMILES string of the molecule is Nc1nc(Nc2ccc3ccccc3c2)nc(N(c2ccc3ccccc3c2)c2ccc3ccccc3c2)n1. The van der Waals surface area contributed by atoms with Gasteiger partial charge >= 0.3 is 0 Å². The summed E-state index contributed by atoms with van der Waals surface area (Å²) in [5, 5.41) is 10.2. The van der Waals surface area contributed by atoms with E-state index in [9.17, 15) is 0 Å². The zero-order valence-corrected chi connectivity index (χ0v) is 21.0. The maximum Gasteiger partial charge on any atom is 0.241 e. The van der Waals surface area contributed by atoms with Crippen LogP contribution in [0.3, 0.4) is 0 Å². The van der Waals surface area contributed by atoms with Gasteiger partial charge in [-0.1, -0.05) is 91.0 Å². The largest absolute Gasteiger partial charge is 0.368 e. The molecule has 7 rings (SSSR count). The molecule has 0 aliphatic heterocycles. The summed E-state index contributed by atoms with van der Waals surface area (Å²) in [6, 6.07) is 43.6. The van der Waals surface area contributed by atoms with Crippen molar-refractivity contribution >= 4 is 67.2 Å². The highest BCUT2D eigenvalue weighted by Gasteiger charge is 2.18. The third kappa shape index (κ3) is 4.45. The lowest BCUT2D eigenvalue weighted by atomic mass is 10.1. The van der Waals surface area contributed by atoms with Gasteiger partial charge in [0.1, 0.15) is 0 Å². The maximum absolute atomic E-state index is 6.25. The lowest BCUT2D eigenvalue weighted by molar-refractivity contribution is 1.03. The van der Waals surface area contributed by atoms with Crippen LogP contribution in [0.1, 0.15) is 0 Å². The first-order chi connectivity index (χ1) is 19.2. The topological polar surface area (TPSA) is 80.0 Å². The van der Waals surface area contributed by atoms with E-state index in [1.807, 2.05) is 47.4 Å². The summed E-state index contributed by atoms with van der Waals surface area (Å²) in [7, 11) is 0. The number of hydrogen-bond acceptors (Lipinski definition) is 6. The van der Waals surface area contributed by atoms with Gasteiger partial charge in [0.15, 0.2) is 0 Å². The Labute approximate surface area is 225 Å². The Morgan fingerprint density at radius 1 is 0.487 bits per heavy atom. The molecule has 0 fully saturated rings. The van der Waals surface area contributed by atoms with Gasteiger partial charge in [-0.3, -0.25) is 4.90 Å². The molecule has 0 unspecified atom stereocenters. The van der Waals surface area contributed by atoms with Crippen LogP contribution >= 0.6 is 0 Å². The normalized spacial score (nSPS) is 11.2. The van der Waals surface area contributed by atoms with Crippen molar-refractivity contribution < 1.29 is 0 Å². The number of anilines is 6. The Morgan fingerprint density at radius 3 is 1.54 bits per heavy atom. The molecule has 7 aromatic rings. The first kappa shape index (κ1) is 22.7. The fraction of sp³-hybridized carbons (Fsp3) is 0. The van der Waals surface area contributed by atoms with Gasteiger partial charge in [-0.2, -0.15) is 15.0 Å². The second-order valence-electron chi connectivity index (χ2n) is 9.40. The summed E-state index contributed by atoms with van der Waals surface area (Å²) in [5.41, 5.74) is 8.96. The number of benzene rings is 6. The van der Waals surface area contributed by atoms with Crippen molar-refractivity contribution in [2.24, 2.45) is 0 Å². The number of nitrogens with one attached hydrogen (secondary N) is 1. The number of rotatable bonds is 5. The smallest absolute Gasteiger partial charge is 0.241 e. The first-order valence-corrected chi connectivity index (χ1v) is 12.7. The molecule has 0 spiro atoms. The number of hydrogen-bond donors (Lipinski definition) is 2. The minimum Gasteiger partial charge on any atom is -0.368 e. The molecule has 39 heavy (non-hydrogen) atoms. The Hall–Kier alpha value is -5.49.